The summed E-state index contributed by atoms with van der Waals surface area (Å²) in [5.41, 5.74) is 1.26. The Morgan fingerprint density at radius 3 is 2.37 bits per heavy atom. The van der Waals surface area contributed by atoms with Crippen LogP contribution >= 0.6 is 34.8 Å². The van der Waals surface area contributed by atoms with Crippen LogP contribution in [0.15, 0.2) is 36.4 Å². The van der Waals surface area contributed by atoms with Crippen molar-refractivity contribution in [2.45, 2.75) is 11.8 Å². The highest BCUT2D eigenvalue weighted by molar-refractivity contribution is 6.34. The van der Waals surface area contributed by atoms with Gasteiger partial charge in [0.25, 0.3) is 0 Å². The summed E-state index contributed by atoms with van der Waals surface area (Å²) in [5, 5.41) is 0.554. The third-order valence-electron chi connectivity index (χ3n) is 2.69. The molecule has 2 aromatic rings. The summed E-state index contributed by atoms with van der Waals surface area (Å²) in [6.07, 6.45) is 0.332. The lowest BCUT2D eigenvalue weighted by atomic mass is 10.0. The highest BCUT2D eigenvalue weighted by Gasteiger charge is 2.14. The van der Waals surface area contributed by atoms with Gasteiger partial charge < -0.3 is 0 Å². The summed E-state index contributed by atoms with van der Waals surface area (Å²) in [5.74, 6) is -1.77. The lowest BCUT2D eigenvalue weighted by Gasteiger charge is -2.12. The monoisotopic (exact) mass is 320 g/mol. The lowest BCUT2D eigenvalue weighted by molar-refractivity contribution is 0.507. The zero-order valence-electron chi connectivity index (χ0n) is 9.64. The second kappa shape index (κ2) is 6.08. The molecule has 0 heterocycles. The van der Waals surface area contributed by atoms with Crippen molar-refractivity contribution in [3.63, 3.8) is 0 Å². The van der Waals surface area contributed by atoms with Crippen LogP contribution in [0.4, 0.5) is 8.78 Å². The Balaban J connectivity index is 2.22. The van der Waals surface area contributed by atoms with Crippen LogP contribution in [0.2, 0.25) is 10.0 Å². The molecule has 0 nitrogen and oxygen atoms in total. The highest BCUT2D eigenvalue weighted by atomic mass is 35.5. The Morgan fingerprint density at radius 1 is 0.947 bits per heavy atom. The minimum Gasteiger partial charge on any atom is -0.204 e. The van der Waals surface area contributed by atoms with Crippen LogP contribution in [0.1, 0.15) is 16.5 Å². The fraction of sp³-hybridized carbons (Fsp3) is 0.143. The molecule has 100 valence electrons. The molecule has 0 saturated carbocycles. The third kappa shape index (κ3) is 3.59. The molecular formula is C14H9Cl3F2. The fourth-order valence-electron chi connectivity index (χ4n) is 1.74. The Kier molecular flexibility index (Phi) is 4.67. The van der Waals surface area contributed by atoms with E-state index in [4.69, 9.17) is 34.8 Å². The lowest BCUT2D eigenvalue weighted by Crippen LogP contribution is -1.98. The molecule has 0 spiro atoms. The number of hydrogen-bond acceptors (Lipinski definition) is 0. The van der Waals surface area contributed by atoms with Crippen LogP contribution in [0.5, 0.6) is 0 Å². The van der Waals surface area contributed by atoms with Crippen LogP contribution in [-0.2, 0) is 6.42 Å². The van der Waals surface area contributed by atoms with Crippen molar-refractivity contribution in [2.24, 2.45) is 0 Å². The van der Waals surface area contributed by atoms with Gasteiger partial charge in [0, 0.05) is 10.0 Å². The molecule has 2 rings (SSSR count). The van der Waals surface area contributed by atoms with E-state index in [-0.39, 0.29) is 0 Å². The first-order valence-corrected chi connectivity index (χ1v) is 6.69. The Hall–Kier alpha value is -0.830. The summed E-state index contributed by atoms with van der Waals surface area (Å²) in [7, 11) is 0. The summed E-state index contributed by atoms with van der Waals surface area (Å²) < 4.78 is 25.9. The molecule has 5 heteroatoms. The summed E-state index contributed by atoms with van der Waals surface area (Å²) in [6, 6.07) is 8.68. The van der Waals surface area contributed by atoms with Gasteiger partial charge in [-0.05, 0) is 47.9 Å². The van der Waals surface area contributed by atoms with E-state index in [1.807, 2.05) is 0 Å². The molecule has 0 radical (unpaired) electrons. The van der Waals surface area contributed by atoms with E-state index >= 15 is 0 Å². The van der Waals surface area contributed by atoms with Crippen LogP contribution in [-0.4, -0.2) is 0 Å². The van der Waals surface area contributed by atoms with Crippen molar-refractivity contribution in [1.29, 1.82) is 0 Å². The van der Waals surface area contributed by atoms with Crippen molar-refractivity contribution in [3.05, 3.63) is 69.2 Å². The molecule has 1 atom stereocenters. The molecule has 0 amide bonds. The molecule has 0 bridgehead atoms. The average Bonchev–Trinajstić information content (AvgIpc) is 2.36. The molecular weight excluding hydrogens is 313 g/mol. The van der Waals surface area contributed by atoms with Crippen molar-refractivity contribution in [2.75, 3.05) is 0 Å². The number of alkyl halides is 1. The molecule has 0 aliphatic rings. The maximum atomic E-state index is 13.1. The summed E-state index contributed by atoms with van der Waals surface area (Å²) in [6.45, 7) is 0. The second-order valence-corrected chi connectivity index (χ2v) is 5.46. The highest BCUT2D eigenvalue weighted by Crippen LogP contribution is 2.32. The normalized spacial score (nSPS) is 12.5. The van der Waals surface area contributed by atoms with Gasteiger partial charge in [0.05, 0.1) is 5.38 Å². The zero-order chi connectivity index (χ0) is 14.0. The molecule has 1 unspecified atom stereocenters. The van der Waals surface area contributed by atoms with E-state index in [1.54, 1.807) is 18.2 Å². The van der Waals surface area contributed by atoms with E-state index in [9.17, 15) is 8.78 Å². The minimum absolute atomic E-state index is 0.332. The maximum Gasteiger partial charge on any atom is 0.159 e. The average molecular weight is 322 g/mol. The largest absolute Gasteiger partial charge is 0.204 e. The van der Waals surface area contributed by atoms with E-state index in [0.29, 0.717) is 27.6 Å². The van der Waals surface area contributed by atoms with E-state index in [1.165, 1.54) is 6.07 Å². The van der Waals surface area contributed by atoms with Crippen LogP contribution in [0.3, 0.4) is 0 Å². The Morgan fingerprint density at radius 2 is 1.68 bits per heavy atom. The molecule has 19 heavy (non-hydrogen) atoms. The van der Waals surface area contributed by atoms with E-state index in [2.05, 4.69) is 0 Å². The first kappa shape index (κ1) is 14.6. The Bertz CT molecular complexity index is 599. The first-order chi connectivity index (χ1) is 8.97. The molecule has 0 aliphatic heterocycles. The smallest absolute Gasteiger partial charge is 0.159 e. The van der Waals surface area contributed by atoms with Gasteiger partial charge in [0.2, 0.25) is 0 Å². The third-order valence-corrected chi connectivity index (χ3v) is 3.66. The van der Waals surface area contributed by atoms with Gasteiger partial charge in [-0.25, -0.2) is 8.78 Å². The fourth-order valence-corrected chi connectivity index (χ4v) is 2.58. The van der Waals surface area contributed by atoms with Crippen LogP contribution in [0.25, 0.3) is 0 Å². The quantitative estimate of drug-likeness (QED) is 0.627. The van der Waals surface area contributed by atoms with E-state index < -0.39 is 17.0 Å². The standard InChI is InChI=1S/C14H9Cl3F2/c15-9-2-3-11(16)10(7-9)12(17)5-8-1-4-13(18)14(19)6-8/h1-4,6-7,12H,5H2. The number of hydrogen-bond donors (Lipinski definition) is 0. The summed E-state index contributed by atoms with van der Waals surface area (Å²) in [4.78, 5) is 0. The molecule has 0 aromatic heterocycles. The Labute approximate surface area is 124 Å². The molecule has 0 aliphatic carbocycles. The topological polar surface area (TPSA) is 0 Å². The van der Waals surface area contributed by atoms with Gasteiger partial charge in [-0.1, -0.05) is 29.3 Å². The maximum absolute atomic E-state index is 13.1. The number of rotatable bonds is 3. The van der Waals surface area contributed by atoms with Gasteiger partial charge in [-0.2, -0.15) is 0 Å². The van der Waals surface area contributed by atoms with Crippen LogP contribution < -0.4 is 0 Å². The van der Waals surface area contributed by atoms with Gasteiger partial charge in [-0.15, -0.1) is 11.6 Å². The number of benzene rings is 2. The zero-order valence-corrected chi connectivity index (χ0v) is 11.9. The minimum atomic E-state index is -0.890. The van der Waals surface area contributed by atoms with Crippen LogP contribution in [0, 0.1) is 11.6 Å². The van der Waals surface area contributed by atoms with Gasteiger partial charge >= 0.3 is 0 Å². The molecule has 0 saturated heterocycles. The first-order valence-electron chi connectivity index (χ1n) is 5.50. The predicted octanol–water partition coefficient (Wildman–Crippen LogP) is 5.79. The SMILES string of the molecule is Fc1ccc(CC(Cl)c2cc(Cl)ccc2Cl)cc1F. The molecule has 2 aromatic carbocycles. The van der Waals surface area contributed by atoms with Gasteiger partial charge in [0.15, 0.2) is 11.6 Å². The summed E-state index contributed by atoms with van der Waals surface area (Å²) >= 11 is 18.2. The molecule has 0 fully saturated rings. The van der Waals surface area contributed by atoms with Gasteiger partial charge in [0.1, 0.15) is 0 Å². The molecule has 0 N–H and O–H groups in total. The van der Waals surface area contributed by atoms with Crippen molar-refractivity contribution in [3.8, 4) is 0 Å². The van der Waals surface area contributed by atoms with Crippen molar-refractivity contribution in [1.82, 2.24) is 0 Å². The van der Waals surface area contributed by atoms with E-state index in [0.717, 1.165) is 12.1 Å². The van der Waals surface area contributed by atoms with Crippen molar-refractivity contribution >= 4 is 34.8 Å². The van der Waals surface area contributed by atoms with Crippen molar-refractivity contribution < 1.29 is 8.78 Å². The van der Waals surface area contributed by atoms with Gasteiger partial charge in [-0.3, -0.25) is 0 Å². The number of halogens is 5. The predicted molar refractivity (Wildman–Crippen MR) is 75.1 cm³/mol. The second-order valence-electron chi connectivity index (χ2n) is 4.09.